The van der Waals surface area contributed by atoms with Crippen molar-refractivity contribution in [3.8, 4) is 5.75 Å². The Balaban J connectivity index is 2.06. The van der Waals surface area contributed by atoms with Crippen LogP contribution in [0.2, 0.25) is 5.02 Å². The first kappa shape index (κ1) is 12.8. The van der Waals surface area contributed by atoms with Crippen LogP contribution < -0.4 is 10.5 Å². The van der Waals surface area contributed by atoms with Crippen LogP contribution in [0.3, 0.4) is 0 Å². The molecular weight excluding hydrogens is 274 g/mol. The van der Waals surface area contributed by atoms with Crippen LogP contribution in [-0.2, 0) is 6.54 Å². The summed E-state index contributed by atoms with van der Waals surface area (Å²) >= 11 is 6.14. The number of benzene rings is 2. The number of fused-ring (bicyclic) bond motifs is 1. The number of hydrogen-bond acceptors (Lipinski definition) is 3. The summed E-state index contributed by atoms with van der Waals surface area (Å²) in [5.41, 5.74) is 8.76. The quantitative estimate of drug-likeness (QED) is 0.804. The number of aromatic nitrogens is 2. The third kappa shape index (κ3) is 2.18. The standard InChI is InChI=1S/C15H14ClN3O/c1-20-11-5-2-4-10(8-11)9-19-13-7-3-6-12(16)14(13)18-15(19)17/h2-8H,9H2,1H3,(H2,17,18). The monoisotopic (exact) mass is 287 g/mol. The molecule has 102 valence electrons. The molecule has 1 heterocycles. The number of ether oxygens (including phenoxy) is 1. The Labute approximate surface area is 121 Å². The highest BCUT2D eigenvalue weighted by atomic mass is 35.5. The Bertz CT molecular complexity index is 767. The van der Waals surface area contributed by atoms with Crippen LogP contribution in [0, 0.1) is 0 Å². The molecule has 1 aromatic heterocycles. The van der Waals surface area contributed by atoms with E-state index in [1.165, 1.54) is 0 Å². The molecule has 2 aromatic carbocycles. The van der Waals surface area contributed by atoms with Crippen molar-refractivity contribution >= 4 is 28.6 Å². The second-order valence-electron chi connectivity index (χ2n) is 4.52. The number of halogens is 1. The largest absolute Gasteiger partial charge is 0.497 e. The summed E-state index contributed by atoms with van der Waals surface area (Å²) in [6, 6.07) is 13.5. The fourth-order valence-corrected chi connectivity index (χ4v) is 2.46. The van der Waals surface area contributed by atoms with Crippen LogP contribution in [-0.4, -0.2) is 16.7 Å². The molecule has 2 N–H and O–H groups in total. The maximum Gasteiger partial charge on any atom is 0.201 e. The van der Waals surface area contributed by atoms with Crippen molar-refractivity contribution in [2.75, 3.05) is 12.8 Å². The summed E-state index contributed by atoms with van der Waals surface area (Å²) in [6.07, 6.45) is 0. The van der Waals surface area contributed by atoms with Gasteiger partial charge in [0.15, 0.2) is 0 Å². The van der Waals surface area contributed by atoms with Crippen LogP contribution >= 0.6 is 11.6 Å². The van der Waals surface area contributed by atoms with Crippen molar-refractivity contribution in [1.82, 2.24) is 9.55 Å². The van der Waals surface area contributed by atoms with Crippen LogP contribution in [0.15, 0.2) is 42.5 Å². The van der Waals surface area contributed by atoms with E-state index in [1.807, 2.05) is 47.0 Å². The van der Waals surface area contributed by atoms with Gasteiger partial charge in [-0.05, 0) is 29.8 Å². The van der Waals surface area contributed by atoms with Gasteiger partial charge in [0, 0.05) is 0 Å². The molecule has 0 saturated heterocycles. The van der Waals surface area contributed by atoms with Crippen LogP contribution in [0.1, 0.15) is 5.56 Å². The van der Waals surface area contributed by atoms with Gasteiger partial charge in [-0.15, -0.1) is 0 Å². The highest BCUT2D eigenvalue weighted by molar-refractivity contribution is 6.35. The van der Waals surface area contributed by atoms with Gasteiger partial charge >= 0.3 is 0 Å². The molecule has 4 nitrogen and oxygen atoms in total. The van der Waals surface area contributed by atoms with Crippen molar-refractivity contribution in [1.29, 1.82) is 0 Å². The minimum absolute atomic E-state index is 0.455. The van der Waals surface area contributed by atoms with E-state index in [-0.39, 0.29) is 0 Å². The number of hydrogen-bond donors (Lipinski definition) is 1. The molecule has 20 heavy (non-hydrogen) atoms. The first-order chi connectivity index (χ1) is 9.69. The number of anilines is 1. The van der Waals surface area contributed by atoms with E-state index in [1.54, 1.807) is 7.11 Å². The van der Waals surface area contributed by atoms with E-state index in [0.717, 1.165) is 22.3 Å². The SMILES string of the molecule is COc1cccc(Cn2c(N)nc3c(Cl)cccc32)c1. The smallest absolute Gasteiger partial charge is 0.201 e. The summed E-state index contributed by atoms with van der Waals surface area (Å²) in [7, 11) is 1.65. The molecule has 0 fully saturated rings. The molecule has 3 aromatic rings. The average molecular weight is 288 g/mol. The van der Waals surface area contributed by atoms with Gasteiger partial charge in [-0.3, -0.25) is 0 Å². The lowest BCUT2D eigenvalue weighted by Gasteiger charge is -2.08. The van der Waals surface area contributed by atoms with Crippen molar-refractivity contribution in [3.63, 3.8) is 0 Å². The average Bonchev–Trinajstić information content (AvgIpc) is 2.78. The van der Waals surface area contributed by atoms with Gasteiger partial charge in [-0.1, -0.05) is 29.8 Å². The van der Waals surface area contributed by atoms with E-state index in [4.69, 9.17) is 22.1 Å². The molecule has 0 unspecified atom stereocenters. The molecule has 0 aliphatic rings. The zero-order valence-corrected chi connectivity index (χ0v) is 11.8. The van der Waals surface area contributed by atoms with E-state index < -0.39 is 0 Å². The fourth-order valence-electron chi connectivity index (χ4n) is 2.25. The minimum atomic E-state index is 0.455. The number of nitrogens with two attached hydrogens (primary N) is 1. The Morgan fingerprint density at radius 1 is 1.25 bits per heavy atom. The van der Waals surface area contributed by atoms with Crippen molar-refractivity contribution in [3.05, 3.63) is 53.1 Å². The molecule has 5 heteroatoms. The van der Waals surface area contributed by atoms with E-state index >= 15 is 0 Å². The zero-order chi connectivity index (χ0) is 14.1. The van der Waals surface area contributed by atoms with E-state index in [0.29, 0.717) is 17.5 Å². The van der Waals surface area contributed by atoms with Crippen LogP contribution in [0.5, 0.6) is 5.75 Å². The summed E-state index contributed by atoms with van der Waals surface area (Å²) in [5.74, 6) is 1.28. The molecule has 0 radical (unpaired) electrons. The third-order valence-electron chi connectivity index (χ3n) is 3.23. The molecule has 0 bridgehead atoms. The predicted octanol–water partition coefficient (Wildman–Crippen LogP) is 3.33. The highest BCUT2D eigenvalue weighted by Gasteiger charge is 2.11. The Morgan fingerprint density at radius 2 is 2.05 bits per heavy atom. The topological polar surface area (TPSA) is 53.1 Å². The van der Waals surface area contributed by atoms with Crippen molar-refractivity contribution in [2.45, 2.75) is 6.54 Å². The Morgan fingerprint density at radius 3 is 2.85 bits per heavy atom. The third-order valence-corrected chi connectivity index (χ3v) is 3.54. The molecule has 0 aliphatic heterocycles. The number of imidazole rings is 1. The van der Waals surface area contributed by atoms with Gasteiger partial charge in [0.25, 0.3) is 0 Å². The van der Waals surface area contributed by atoms with Crippen molar-refractivity contribution < 1.29 is 4.74 Å². The summed E-state index contributed by atoms with van der Waals surface area (Å²) in [4.78, 5) is 4.33. The summed E-state index contributed by atoms with van der Waals surface area (Å²) < 4.78 is 7.17. The normalized spacial score (nSPS) is 10.9. The van der Waals surface area contributed by atoms with Gasteiger partial charge < -0.3 is 15.0 Å². The Kier molecular flexibility index (Phi) is 3.24. The van der Waals surface area contributed by atoms with Crippen LogP contribution in [0.25, 0.3) is 11.0 Å². The van der Waals surface area contributed by atoms with Gasteiger partial charge in [0.2, 0.25) is 5.95 Å². The lowest BCUT2D eigenvalue weighted by Crippen LogP contribution is -2.04. The molecule has 0 saturated carbocycles. The lowest BCUT2D eigenvalue weighted by molar-refractivity contribution is 0.414. The number of para-hydroxylation sites is 1. The highest BCUT2D eigenvalue weighted by Crippen LogP contribution is 2.26. The summed E-state index contributed by atoms with van der Waals surface area (Å²) in [6.45, 7) is 0.625. The molecular formula is C15H14ClN3O. The van der Waals surface area contributed by atoms with E-state index in [2.05, 4.69) is 4.98 Å². The van der Waals surface area contributed by atoms with Gasteiger partial charge in [-0.2, -0.15) is 0 Å². The summed E-state index contributed by atoms with van der Waals surface area (Å²) in [5, 5.41) is 0.610. The molecule has 0 spiro atoms. The zero-order valence-electron chi connectivity index (χ0n) is 11.0. The van der Waals surface area contributed by atoms with Gasteiger partial charge in [-0.25, -0.2) is 4.98 Å². The minimum Gasteiger partial charge on any atom is -0.497 e. The number of methoxy groups -OCH3 is 1. The first-order valence-corrected chi connectivity index (χ1v) is 6.60. The Hall–Kier alpha value is -2.20. The maximum absolute atomic E-state index is 6.14. The maximum atomic E-state index is 6.14. The first-order valence-electron chi connectivity index (χ1n) is 6.22. The molecule has 0 aliphatic carbocycles. The lowest BCUT2D eigenvalue weighted by atomic mass is 10.2. The molecule has 0 atom stereocenters. The molecule has 0 amide bonds. The number of nitrogens with zero attached hydrogens (tertiary/aromatic N) is 2. The second kappa shape index (κ2) is 5.06. The number of nitrogen functional groups attached to an aromatic ring is 1. The second-order valence-corrected chi connectivity index (χ2v) is 4.92. The molecule has 3 rings (SSSR count). The number of rotatable bonds is 3. The predicted molar refractivity (Wildman–Crippen MR) is 81.3 cm³/mol. The van der Waals surface area contributed by atoms with E-state index in [9.17, 15) is 0 Å². The van der Waals surface area contributed by atoms with Gasteiger partial charge in [0.1, 0.15) is 11.3 Å². The van der Waals surface area contributed by atoms with Gasteiger partial charge in [0.05, 0.1) is 24.2 Å². The van der Waals surface area contributed by atoms with Crippen molar-refractivity contribution in [2.24, 2.45) is 0 Å². The van der Waals surface area contributed by atoms with Crippen LogP contribution in [0.4, 0.5) is 5.95 Å². The fraction of sp³-hybridized carbons (Fsp3) is 0.133.